The van der Waals surface area contributed by atoms with Crippen molar-refractivity contribution in [1.29, 1.82) is 0 Å². The summed E-state index contributed by atoms with van der Waals surface area (Å²) in [6, 6.07) is 12.0. The number of rotatable bonds is 3. The molecular formula is C14H12Cl2FN. The van der Waals surface area contributed by atoms with Gasteiger partial charge in [-0.3, -0.25) is 0 Å². The van der Waals surface area contributed by atoms with Crippen LogP contribution in [-0.2, 0) is 5.88 Å². The molecule has 0 unspecified atom stereocenters. The highest BCUT2D eigenvalue weighted by atomic mass is 35.5. The number of benzene rings is 2. The van der Waals surface area contributed by atoms with Crippen molar-refractivity contribution < 1.29 is 4.39 Å². The Morgan fingerprint density at radius 3 is 2.50 bits per heavy atom. The van der Waals surface area contributed by atoms with Crippen LogP contribution in [0.5, 0.6) is 0 Å². The van der Waals surface area contributed by atoms with Crippen LogP contribution in [0.2, 0.25) is 5.02 Å². The maximum atomic E-state index is 13.7. The third-order valence-corrected chi connectivity index (χ3v) is 3.28. The van der Waals surface area contributed by atoms with Crippen LogP contribution >= 0.6 is 23.2 Å². The highest BCUT2D eigenvalue weighted by Gasteiger charge is 2.12. The number of nitrogens with zero attached hydrogens (tertiary/aromatic N) is 1. The van der Waals surface area contributed by atoms with E-state index in [-0.39, 0.29) is 5.82 Å². The molecule has 0 aromatic heterocycles. The lowest BCUT2D eigenvalue weighted by atomic mass is 10.1. The predicted octanol–water partition coefficient (Wildman–Crippen LogP) is 4.99. The van der Waals surface area contributed by atoms with Gasteiger partial charge in [0, 0.05) is 23.6 Å². The zero-order chi connectivity index (χ0) is 13.1. The van der Waals surface area contributed by atoms with E-state index in [2.05, 4.69) is 0 Å². The Morgan fingerprint density at radius 2 is 1.83 bits per heavy atom. The average Bonchev–Trinajstić information content (AvgIpc) is 2.38. The lowest BCUT2D eigenvalue weighted by molar-refractivity contribution is 0.627. The molecule has 2 aromatic rings. The molecule has 94 valence electrons. The Labute approximate surface area is 116 Å². The van der Waals surface area contributed by atoms with Crippen LogP contribution in [-0.4, -0.2) is 7.05 Å². The molecule has 0 saturated carbocycles. The minimum Gasteiger partial charge on any atom is -0.342 e. The summed E-state index contributed by atoms with van der Waals surface area (Å²) in [5, 5.41) is 0.622. The summed E-state index contributed by atoms with van der Waals surface area (Å²) in [6.45, 7) is 0. The van der Waals surface area contributed by atoms with Crippen molar-refractivity contribution in [2.45, 2.75) is 5.88 Å². The summed E-state index contributed by atoms with van der Waals surface area (Å²) >= 11 is 11.8. The van der Waals surface area contributed by atoms with Gasteiger partial charge in [-0.05, 0) is 35.9 Å². The molecule has 0 N–H and O–H groups in total. The Hall–Kier alpha value is -1.25. The van der Waals surface area contributed by atoms with Gasteiger partial charge in [-0.25, -0.2) is 4.39 Å². The van der Waals surface area contributed by atoms with Crippen molar-refractivity contribution in [3.63, 3.8) is 0 Å². The first-order valence-corrected chi connectivity index (χ1v) is 6.37. The zero-order valence-corrected chi connectivity index (χ0v) is 11.3. The fourth-order valence-corrected chi connectivity index (χ4v) is 2.25. The maximum Gasteiger partial charge on any atom is 0.146 e. The lowest BCUT2D eigenvalue weighted by Crippen LogP contribution is -2.12. The number of hydrogen-bond donors (Lipinski definition) is 0. The van der Waals surface area contributed by atoms with Gasteiger partial charge in [0.05, 0.1) is 5.69 Å². The Morgan fingerprint density at radius 1 is 1.11 bits per heavy atom. The number of halogens is 3. The predicted molar refractivity (Wildman–Crippen MR) is 75.5 cm³/mol. The quantitative estimate of drug-likeness (QED) is 0.718. The van der Waals surface area contributed by atoms with Crippen LogP contribution in [0, 0.1) is 5.82 Å². The van der Waals surface area contributed by atoms with E-state index >= 15 is 0 Å². The smallest absolute Gasteiger partial charge is 0.146 e. The van der Waals surface area contributed by atoms with Gasteiger partial charge in [-0.1, -0.05) is 23.7 Å². The molecular weight excluding hydrogens is 272 g/mol. The topological polar surface area (TPSA) is 3.24 Å². The van der Waals surface area contributed by atoms with Gasteiger partial charge >= 0.3 is 0 Å². The van der Waals surface area contributed by atoms with Crippen molar-refractivity contribution in [2.75, 3.05) is 11.9 Å². The Kier molecular flexibility index (Phi) is 4.10. The number of hydrogen-bond acceptors (Lipinski definition) is 1. The monoisotopic (exact) mass is 283 g/mol. The SMILES string of the molecule is CN(c1ccccc1F)c1ccc(Cl)cc1CCl. The highest BCUT2D eigenvalue weighted by molar-refractivity contribution is 6.30. The summed E-state index contributed by atoms with van der Waals surface area (Å²) in [5.41, 5.74) is 2.22. The Bertz CT molecular complexity index is 557. The van der Waals surface area contributed by atoms with Gasteiger partial charge in [0.25, 0.3) is 0 Å². The number of anilines is 2. The van der Waals surface area contributed by atoms with Gasteiger partial charge in [0.15, 0.2) is 0 Å². The number of para-hydroxylation sites is 1. The van der Waals surface area contributed by atoms with Gasteiger partial charge < -0.3 is 4.90 Å². The zero-order valence-electron chi connectivity index (χ0n) is 9.83. The molecule has 0 aliphatic heterocycles. The summed E-state index contributed by atoms with van der Waals surface area (Å²) < 4.78 is 13.7. The van der Waals surface area contributed by atoms with E-state index in [1.165, 1.54) is 6.07 Å². The molecule has 0 spiro atoms. The molecule has 0 heterocycles. The fraction of sp³-hybridized carbons (Fsp3) is 0.143. The molecule has 2 aromatic carbocycles. The molecule has 0 atom stereocenters. The summed E-state index contributed by atoms with van der Waals surface area (Å²) in [4.78, 5) is 1.77. The minimum atomic E-state index is -0.268. The molecule has 0 saturated heterocycles. The third kappa shape index (κ3) is 2.60. The van der Waals surface area contributed by atoms with Crippen molar-refractivity contribution in [1.82, 2.24) is 0 Å². The van der Waals surface area contributed by atoms with Crippen LogP contribution in [0.25, 0.3) is 0 Å². The van der Waals surface area contributed by atoms with Crippen molar-refractivity contribution in [3.8, 4) is 0 Å². The molecule has 2 rings (SSSR count). The first-order valence-electron chi connectivity index (χ1n) is 5.46. The maximum absolute atomic E-state index is 13.7. The largest absolute Gasteiger partial charge is 0.342 e. The summed E-state index contributed by atoms with van der Waals surface area (Å²) in [5.74, 6) is 0.0600. The second kappa shape index (κ2) is 5.59. The molecule has 18 heavy (non-hydrogen) atoms. The molecule has 0 amide bonds. The average molecular weight is 284 g/mol. The third-order valence-electron chi connectivity index (χ3n) is 2.76. The standard InChI is InChI=1S/C14H12Cl2FN/c1-18(14-5-3-2-4-12(14)17)13-7-6-11(16)8-10(13)9-15/h2-8H,9H2,1H3. The van der Waals surface area contributed by atoms with E-state index in [1.807, 2.05) is 6.07 Å². The van der Waals surface area contributed by atoms with E-state index < -0.39 is 0 Å². The molecule has 0 fully saturated rings. The molecule has 0 aliphatic carbocycles. The van der Waals surface area contributed by atoms with Crippen LogP contribution in [0.15, 0.2) is 42.5 Å². The second-order valence-corrected chi connectivity index (χ2v) is 4.62. The first kappa shape index (κ1) is 13.2. The van der Waals surface area contributed by atoms with E-state index in [4.69, 9.17) is 23.2 Å². The van der Waals surface area contributed by atoms with E-state index in [0.29, 0.717) is 16.6 Å². The molecule has 0 aliphatic rings. The fourth-order valence-electron chi connectivity index (χ4n) is 1.84. The molecule has 0 radical (unpaired) electrons. The van der Waals surface area contributed by atoms with E-state index in [0.717, 1.165) is 11.3 Å². The van der Waals surface area contributed by atoms with Crippen LogP contribution < -0.4 is 4.90 Å². The first-order chi connectivity index (χ1) is 8.63. The van der Waals surface area contributed by atoms with Crippen molar-refractivity contribution in [3.05, 3.63) is 58.9 Å². The molecule has 4 heteroatoms. The van der Waals surface area contributed by atoms with Crippen LogP contribution in [0.3, 0.4) is 0 Å². The Balaban J connectivity index is 2.46. The number of alkyl halides is 1. The van der Waals surface area contributed by atoms with Gasteiger partial charge in [0.2, 0.25) is 0 Å². The molecule has 0 bridgehead atoms. The minimum absolute atomic E-state index is 0.268. The highest BCUT2D eigenvalue weighted by Crippen LogP contribution is 2.31. The summed E-state index contributed by atoms with van der Waals surface area (Å²) in [6.07, 6.45) is 0. The molecule has 1 nitrogen and oxygen atoms in total. The van der Waals surface area contributed by atoms with Crippen molar-refractivity contribution in [2.24, 2.45) is 0 Å². The normalized spacial score (nSPS) is 10.4. The second-order valence-electron chi connectivity index (χ2n) is 3.92. The van der Waals surface area contributed by atoms with Gasteiger partial charge in [-0.15, -0.1) is 11.6 Å². The van der Waals surface area contributed by atoms with Crippen LogP contribution in [0.1, 0.15) is 5.56 Å². The van der Waals surface area contributed by atoms with E-state index in [9.17, 15) is 4.39 Å². The van der Waals surface area contributed by atoms with Gasteiger partial charge in [0.1, 0.15) is 5.82 Å². The lowest BCUT2D eigenvalue weighted by Gasteiger charge is -2.22. The van der Waals surface area contributed by atoms with Crippen LogP contribution in [0.4, 0.5) is 15.8 Å². The van der Waals surface area contributed by atoms with Crippen molar-refractivity contribution >= 4 is 34.6 Å². The van der Waals surface area contributed by atoms with E-state index in [1.54, 1.807) is 42.3 Å². The van der Waals surface area contributed by atoms with Gasteiger partial charge in [-0.2, -0.15) is 0 Å². The summed E-state index contributed by atoms with van der Waals surface area (Å²) in [7, 11) is 1.80.